The van der Waals surface area contributed by atoms with E-state index in [0.29, 0.717) is 25.0 Å². The molecule has 1 fully saturated rings. The van der Waals surface area contributed by atoms with Gasteiger partial charge in [-0.25, -0.2) is 4.79 Å². The minimum Gasteiger partial charge on any atom is -0.480 e. The number of carbonyl (C=O) groups is 4. The maximum absolute atomic E-state index is 12.7. The van der Waals surface area contributed by atoms with Crippen molar-refractivity contribution in [2.24, 2.45) is 11.8 Å². The van der Waals surface area contributed by atoms with Gasteiger partial charge >= 0.3 is 5.97 Å². The summed E-state index contributed by atoms with van der Waals surface area (Å²) in [5.41, 5.74) is 0. The van der Waals surface area contributed by atoms with Crippen molar-refractivity contribution < 1.29 is 29.0 Å². The molecule has 3 amide bonds. The maximum atomic E-state index is 12.7. The number of rotatable bonds is 14. The fourth-order valence-electron chi connectivity index (χ4n) is 3.25. The molecular formula is C21H37N3O6S. The molecule has 10 heteroatoms. The van der Waals surface area contributed by atoms with E-state index in [2.05, 4.69) is 16.0 Å². The molecule has 0 spiro atoms. The molecule has 1 saturated heterocycles. The van der Waals surface area contributed by atoms with E-state index in [-0.39, 0.29) is 36.3 Å². The SMILES string of the molecule is CC[C@H](C)[C@@H](COC(C(=O)N[C@@H](CCSC)C(=O)O)C(C)C)NC(=O)[C@@H]1CCC(=O)N1. The second-order valence-electron chi connectivity index (χ2n) is 8.34. The average molecular weight is 460 g/mol. The first-order valence-electron chi connectivity index (χ1n) is 10.8. The first-order valence-corrected chi connectivity index (χ1v) is 12.2. The predicted molar refractivity (Wildman–Crippen MR) is 120 cm³/mol. The van der Waals surface area contributed by atoms with Crippen LogP contribution in [-0.4, -0.2) is 71.6 Å². The van der Waals surface area contributed by atoms with Crippen molar-refractivity contribution >= 4 is 35.5 Å². The van der Waals surface area contributed by atoms with Crippen LogP contribution in [0.15, 0.2) is 0 Å². The van der Waals surface area contributed by atoms with E-state index in [1.165, 1.54) is 11.8 Å². The molecule has 0 radical (unpaired) electrons. The van der Waals surface area contributed by atoms with Crippen molar-refractivity contribution in [1.82, 2.24) is 16.0 Å². The van der Waals surface area contributed by atoms with Crippen LogP contribution in [0.4, 0.5) is 0 Å². The molecule has 31 heavy (non-hydrogen) atoms. The molecule has 1 unspecified atom stereocenters. The second kappa shape index (κ2) is 13.6. The Kier molecular flexibility index (Phi) is 11.9. The van der Waals surface area contributed by atoms with Crippen LogP contribution in [0, 0.1) is 11.8 Å². The minimum absolute atomic E-state index is 0.0882. The zero-order valence-electron chi connectivity index (χ0n) is 19.1. The average Bonchev–Trinajstić information content (AvgIpc) is 3.15. The number of carboxylic acids is 1. The van der Waals surface area contributed by atoms with E-state index in [4.69, 9.17) is 4.74 Å². The summed E-state index contributed by atoms with van der Waals surface area (Å²) >= 11 is 1.51. The van der Waals surface area contributed by atoms with Crippen LogP contribution >= 0.6 is 11.8 Å². The molecule has 1 aliphatic heterocycles. The normalized spacial score (nSPS) is 19.9. The van der Waals surface area contributed by atoms with Crippen molar-refractivity contribution in [3.8, 4) is 0 Å². The van der Waals surface area contributed by atoms with Crippen LogP contribution < -0.4 is 16.0 Å². The number of thioether (sulfide) groups is 1. The monoisotopic (exact) mass is 459 g/mol. The van der Waals surface area contributed by atoms with Gasteiger partial charge in [-0.1, -0.05) is 34.1 Å². The Morgan fingerprint density at radius 2 is 1.94 bits per heavy atom. The first kappa shape index (κ1) is 27.2. The largest absolute Gasteiger partial charge is 0.480 e. The molecule has 1 rings (SSSR count). The van der Waals surface area contributed by atoms with Crippen LogP contribution in [0.3, 0.4) is 0 Å². The second-order valence-corrected chi connectivity index (χ2v) is 9.32. The fraction of sp³-hybridized carbons (Fsp3) is 0.810. The Morgan fingerprint density at radius 1 is 1.26 bits per heavy atom. The Hall–Kier alpha value is -1.81. The van der Waals surface area contributed by atoms with Crippen LogP contribution in [-0.2, 0) is 23.9 Å². The standard InChI is InChI=1S/C21H37N3O6S/c1-6-13(4)16(24-19(26)14-7-8-17(25)22-14)11-30-18(12(2)3)20(27)23-15(21(28)29)9-10-31-5/h12-16,18H,6-11H2,1-5H3,(H,22,25)(H,23,27)(H,24,26)(H,28,29)/t13-,14-,15-,16+,18?/m0/s1. The molecule has 0 saturated carbocycles. The summed E-state index contributed by atoms with van der Waals surface area (Å²) in [6.07, 6.45) is 2.94. The smallest absolute Gasteiger partial charge is 0.326 e. The summed E-state index contributed by atoms with van der Waals surface area (Å²) in [7, 11) is 0. The maximum Gasteiger partial charge on any atom is 0.326 e. The molecule has 178 valence electrons. The number of hydrogen-bond acceptors (Lipinski definition) is 6. The van der Waals surface area contributed by atoms with Gasteiger partial charge in [0.2, 0.25) is 17.7 Å². The number of nitrogens with one attached hydrogen (secondary N) is 3. The van der Waals surface area contributed by atoms with Crippen LogP contribution in [0.5, 0.6) is 0 Å². The third kappa shape index (κ3) is 9.06. The van der Waals surface area contributed by atoms with Crippen LogP contribution in [0.25, 0.3) is 0 Å². The summed E-state index contributed by atoms with van der Waals surface area (Å²) in [6.45, 7) is 7.74. The molecule has 5 atom stereocenters. The molecule has 9 nitrogen and oxygen atoms in total. The third-order valence-electron chi connectivity index (χ3n) is 5.51. The molecule has 1 aliphatic rings. The van der Waals surface area contributed by atoms with Crippen LogP contribution in [0.2, 0.25) is 0 Å². The van der Waals surface area contributed by atoms with Gasteiger partial charge in [0, 0.05) is 6.42 Å². The van der Waals surface area contributed by atoms with Crippen molar-refractivity contribution in [2.45, 2.75) is 77.6 Å². The van der Waals surface area contributed by atoms with Gasteiger partial charge in [0.25, 0.3) is 0 Å². The van der Waals surface area contributed by atoms with E-state index in [0.717, 1.165) is 6.42 Å². The number of ether oxygens (including phenoxy) is 1. The van der Waals surface area contributed by atoms with Gasteiger partial charge in [-0.15, -0.1) is 0 Å². The summed E-state index contributed by atoms with van der Waals surface area (Å²) in [6, 6.07) is -1.85. The van der Waals surface area contributed by atoms with Crippen LogP contribution in [0.1, 0.15) is 53.4 Å². The highest BCUT2D eigenvalue weighted by molar-refractivity contribution is 7.98. The summed E-state index contributed by atoms with van der Waals surface area (Å²) < 4.78 is 5.91. The van der Waals surface area contributed by atoms with Gasteiger partial charge in [0.15, 0.2) is 0 Å². The summed E-state index contributed by atoms with van der Waals surface area (Å²) in [5, 5.41) is 17.5. The van der Waals surface area contributed by atoms with Gasteiger partial charge in [-0.05, 0) is 36.7 Å². The molecule has 0 bridgehead atoms. The van der Waals surface area contributed by atoms with E-state index in [9.17, 15) is 24.3 Å². The van der Waals surface area contributed by atoms with Crippen molar-refractivity contribution in [3.05, 3.63) is 0 Å². The predicted octanol–water partition coefficient (Wildman–Crippen LogP) is 1.16. The minimum atomic E-state index is -1.08. The van der Waals surface area contributed by atoms with E-state index in [1.807, 2.05) is 34.0 Å². The molecule has 4 N–H and O–H groups in total. The Balaban J connectivity index is 2.76. The Morgan fingerprint density at radius 3 is 2.42 bits per heavy atom. The quantitative estimate of drug-likeness (QED) is 0.306. The number of amides is 3. The van der Waals surface area contributed by atoms with Gasteiger partial charge < -0.3 is 25.8 Å². The number of hydrogen-bond donors (Lipinski definition) is 4. The fourth-order valence-corrected chi connectivity index (χ4v) is 3.72. The van der Waals surface area contributed by atoms with Gasteiger partial charge in [0.1, 0.15) is 18.2 Å². The van der Waals surface area contributed by atoms with Gasteiger partial charge in [0.05, 0.1) is 12.6 Å². The van der Waals surface area contributed by atoms with Crippen molar-refractivity contribution in [1.29, 1.82) is 0 Å². The molecule has 1 heterocycles. The molecule has 0 aromatic carbocycles. The lowest BCUT2D eigenvalue weighted by Gasteiger charge is -2.29. The molecular weight excluding hydrogens is 422 g/mol. The first-order chi connectivity index (χ1) is 14.6. The lowest BCUT2D eigenvalue weighted by atomic mass is 9.98. The number of carboxylic acid groups (broad SMARTS) is 1. The highest BCUT2D eigenvalue weighted by atomic mass is 32.2. The van der Waals surface area contributed by atoms with Crippen molar-refractivity contribution in [3.63, 3.8) is 0 Å². The molecule has 0 aliphatic carbocycles. The highest BCUT2D eigenvalue weighted by Gasteiger charge is 2.32. The topological polar surface area (TPSA) is 134 Å². The van der Waals surface area contributed by atoms with Crippen molar-refractivity contribution in [2.75, 3.05) is 18.6 Å². The summed E-state index contributed by atoms with van der Waals surface area (Å²) in [5.74, 6) is -1.42. The third-order valence-corrected chi connectivity index (χ3v) is 6.16. The Labute approximate surface area is 188 Å². The summed E-state index contributed by atoms with van der Waals surface area (Å²) in [4.78, 5) is 48.1. The number of carbonyl (C=O) groups excluding carboxylic acids is 3. The lowest BCUT2D eigenvalue weighted by Crippen LogP contribution is -2.52. The van der Waals surface area contributed by atoms with Gasteiger partial charge in [-0.2, -0.15) is 11.8 Å². The Bertz CT molecular complexity index is 630. The number of aliphatic carboxylic acids is 1. The zero-order chi connectivity index (χ0) is 23.6. The molecule has 0 aromatic rings. The van der Waals surface area contributed by atoms with E-state index < -0.39 is 30.1 Å². The zero-order valence-corrected chi connectivity index (χ0v) is 19.9. The van der Waals surface area contributed by atoms with E-state index >= 15 is 0 Å². The lowest BCUT2D eigenvalue weighted by molar-refractivity contribution is -0.146. The van der Waals surface area contributed by atoms with Gasteiger partial charge in [-0.3, -0.25) is 14.4 Å². The molecule has 0 aromatic heterocycles. The van der Waals surface area contributed by atoms with E-state index in [1.54, 1.807) is 0 Å². The highest BCUT2D eigenvalue weighted by Crippen LogP contribution is 2.15.